The van der Waals surface area contributed by atoms with Gasteiger partial charge in [0, 0.05) is 52.9 Å². The summed E-state index contributed by atoms with van der Waals surface area (Å²) < 4.78 is 11.5. The maximum Gasteiger partial charge on any atom is 0.243 e. The molecular weight excluding hydrogens is 497 g/mol. The molecule has 0 aromatic carbocycles. The molecule has 2 heterocycles. The van der Waals surface area contributed by atoms with Crippen molar-refractivity contribution in [2.75, 3.05) is 66.6 Å². The summed E-state index contributed by atoms with van der Waals surface area (Å²) in [6.07, 6.45) is 4.53. The van der Waals surface area contributed by atoms with Gasteiger partial charge in [-0.25, -0.2) is 4.99 Å². The molecule has 30 heavy (non-hydrogen) atoms. The first-order valence-electron chi connectivity index (χ1n) is 11.2. The van der Waals surface area contributed by atoms with Gasteiger partial charge in [-0.3, -0.25) is 9.69 Å². The summed E-state index contributed by atoms with van der Waals surface area (Å²) in [4.78, 5) is 20.5. The van der Waals surface area contributed by atoms with E-state index in [1.54, 1.807) is 19.0 Å². The molecule has 2 unspecified atom stereocenters. The van der Waals surface area contributed by atoms with E-state index < -0.39 is 0 Å². The van der Waals surface area contributed by atoms with Crippen LogP contribution in [0.1, 0.15) is 39.5 Å². The first-order valence-corrected chi connectivity index (χ1v) is 11.2. The average Bonchev–Trinajstić information content (AvgIpc) is 2.73. The molecule has 0 aromatic heterocycles. The lowest BCUT2D eigenvalue weighted by Crippen LogP contribution is -2.50. The number of amides is 1. The molecule has 1 amide bonds. The molecule has 0 spiro atoms. The van der Waals surface area contributed by atoms with Gasteiger partial charge in [0.1, 0.15) is 6.54 Å². The van der Waals surface area contributed by atoms with Crippen LogP contribution in [-0.2, 0) is 14.3 Å². The summed E-state index contributed by atoms with van der Waals surface area (Å²) >= 11 is 0. The van der Waals surface area contributed by atoms with Crippen molar-refractivity contribution in [3.8, 4) is 0 Å². The number of ether oxygens (including phenoxy) is 2. The van der Waals surface area contributed by atoms with E-state index in [4.69, 9.17) is 9.47 Å². The topological polar surface area (TPSA) is 78.4 Å². The van der Waals surface area contributed by atoms with Crippen LogP contribution in [0.4, 0.5) is 0 Å². The third kappa shape index (κ3) is 9.65. The zero-order valence-electron chi connectivity index (χ0n) is 19.2. The summed E-state index contributed by atoms with van der Waals surface area (Å²) in [7, 11) is 3.52. The highest BCUT2D eigenvalue weighted by Crippen LogP contribution is 2.25. The van der Waals surface area contributed by atoms with Gasteiger partial charge in [-0.1, -0.05) is 26.7 Å². The predicted molar refractivity (Wildman–Crippen MR) is 132 cm³/mol. The summed E-state index contributed by atoms with van der Waals surface area (Å²) in [5.41, 5.74) is 0. The Hall–Kier alpha value is -0.650. The fourth-order valence-electron chi connectivity index (χ4n) is 3.89. The minimum absolute atomic E-state index is 0. The van der Waals surface area contributed by atoms with Crippen molar-refractivity contribution in [2.24, 2.45) is 10.9 Å². The molecule has 0 radical (unpaired) electrons. The van der Waals surface area contributed by atoms with Gasteiger partial charge in [0.2, 0.25) is 5.91 Å². The van der Waals surface area contributed by atoms with Crippen LogP contribution >= 0.6 is 24.0 Å². The van der Waals surface area contributed by atoms with Gasteiger partial charge >= 0.3 is 0 Å². The summed E-state index contributed by atoms with van der Waals surface area (Å²) in [5, 5.41) is 6.99. The van der Waals surface area contributed by atoms with Crippen LogP contribution in [0.3, 0.4) is 0 Å². The first-order chi connectivity index (χ1) is 14.0. The number of rotatable bonds is 9. The van der Waals surface area contributed by atoms with Gasteiger partial charge < -0.3 is 25.0 Å². The van der Waals surface area contributed by atoms with Gasteiger partial charge in [-0.15, -0.1) is 24.0 Å². The predicted octanol–water partition coefficient (Wildman–Crippen LogP) is 1.54. The van der Waals surface area contributed by atoms with Gasteiger partial charge in [0.15, 0.2) is 5.96 Å². The molecule has 0 saturated carbocycles. The van der Waals surface area contributed by atoms with E-state index in [0.29, 0.717) is 18.1 Å². The van der Waals surface area contributed by atoms with E-state index in [1.807, 2.05) is 0 Å². The van der Waals surface area contributed by atoms with Gasteiger partial charge in [-0.05, 0) is 18.8 Å². The van der Waals surface area contributed by atoms with E-state index in [0.717, 1.165) is 77.6 Å². The Kier molecular flexibility index (Phi) is 13.9. The van der Waals surface area contributed by atoms with Crippen molar-refractivity contribution in [3.63, 3.8) is 0 Å². The maximum atomic E-state index is 12.0. The highest BCUT2D eigenvalue weighted by atomic mass is 127. The van der Waals surface area contributed by atoms with Crippen LogP contribution in [0.5, 0.6) is 0 Å². The molecular formula is C21H42IN5O3. The standard InChI is InChI=1S/C21H41N5O3.HI/c1-5-17(6-2)19-15-18(7-12-29-19)24-21(23-16-20(27)25(3)4)22-8-9-26-10-13-28-14-11-26;/h17-19H,5-16H2,1-4H3,(H2,22,23,24);1H. The molecule has 8 nitrogen and oxygen atoms in total. The molecule has 2 rings (SSSR count). The SMILES string of the molecule is CCC(CC)C1CC(NC(=NCC(=O)N(C)C)NCCN2CCOCC2)CCO1.I. The van der Waals surface area contributed by atoms with Gasteiger partial charge in [0.05, 0.1) is 19.3 Å². The quantitative estimate of drug-likeness (QED) is 0.263. The Morgan fingerprint density at radius 1 is 1.20 bits per heavy atom. The van der Waals surface area contributed by atoms with Crippen molar-refractivity contribution < 1.29 is 14.3 Å². The number of halogens is 1. The molecule has 2 aliphatic heterocycles. The highest BCUT2D eigenvalue weighted by Gasteiger charge is 2.28. The van der Waals surface area contributed by atoms with Crippen LogP contribution in [0, 0.1) is 5.92 Å². The minimum Gasteiger partial charge on any atom is -0.379 e. The number of guanidine groups is 1. The van der Waals surface area contributed by atoms with Crippen LogP contribution in [0.2, 0.25) is 0 Å². The molecule has 2 atom stereocenters. The van der Waals surface area contributed by atoms with E-state index in [1.165, 1.54) is 0 Å². The van der Waals surface area contributed by atoms with Gasteiger partial charge in [0.25, 0.3) is 0 Å². The minimum atomic E-state index is 0. The molecule has 2 N–H and O–H groups in total. The van der Waals surface area contributed by atoms with Crippen molar-refractivity contribution in [3.05, 3.63) is 0 Å². The normalized spacial score (nSPS) is 23.0. The summed E-state index contributed by atoms with van der Waals surface area (Å²) in [6, 6.07) is 0.318. The number of nitrogens with one attached hydrogen (secondary N) is 2. The molecule has 0 bridgehead atoms. The molecule has 0 aliphatic carbocycles. The third-order valence-electron chi connectivity index (χ3n) is 5.93. The lowest BCUT2D eigenvalue weighted by molar-refractivity contribution is -0.127. The molecule has 2 fully saturated rings. The van der Waals surface area contributed by atoms with Crippen LogP contribution in [0.15, 0.2) is 4.99 Å². The number of hydrogen-bond acceptors (Lipinski definition) is 5. The maximum absolute atomic E-state index is 12.0. The van der Waals surface area contributed by atoms with E-state index in [2.05, 4.69) is 34.4 Å². The second-order valence-electron chi connectivity index (χ2n) is 8.19. The van der Waals surface area contributed by atoms with Crippen molar-refractivity contribution in [1.29, 1.82) is 0 Å². The largest absolute Gasteiger partial charge is 0.379 e. The molecule has 9 heteroatoms. The third-order valence-corrected chi connectivity index (χ3v) is 5.93. The smallest absolute Gasteiger partial charge is 0.243 e. The fourth-order valence-corrected chi connectivity index (χ4v) is 3.89. The summed E-state index contributed by atoms with van der Waals surface area (Å²) in [5.74, 6) is 1.33. The Balaban J connectivity index is 0.00000450. The number of aliphatic imine (C=N–C) groups is 1. The van der Waals surface area contributed by atoms with E-state index in [9.17, 15) is 4.79 Å². The Bertz CT molecular complexity index is 511. The molecule has 176 valence electrons. The number of nitrogens with zero attached hydrogens (tertiary/aromatic N) is 3. The van der Waals surface area contributed by atoms with Crippen LogP contribution in [0.25, 0.3) is 0 Å². The number of carbonyl (C=O) groups is 1. The first kappa shape index (κ1) is 27.4. The average molecular weight is 540 g/mol. The zero-order valence-corrected chi connectivity index (χ0v) is 21.5. The number of morpholine rings is 1. The molecule has 0 aromatic rings. The Morgan fingerprint density at radius 3 is 2.53 bits per heavy atom. The monoisotopic (exact) mass is 539 g/mol. The lowest BCUT2D eigenvalue weighted by atomic mass is 9.89. The number of hydrogen-bond donors (Lipinski definition) is 2. The number of likely N-dealkylation sites (N-methyl/N-ethyl adjacent to an activating group) is 1. The van der Waals surface area contributed by atoms with Gasteiger partial charge in [-0.2, -0.15) is 0 Å². The highest BCUT2D eigenvalue weighted by molar-refractivity contribution is 14.0. The van der Waals surface area contributed by atoms with Crippen LogP contribution in [-0.4, -0.2) is 100 Å². The second-order valence-corrected chi connectivity index (χ2v) is 8.19. The zero-order chi connectivity index (χ0) is 21.1. The van der Waals surface area contributed by atoms with Crippen molar-refractivity contribution in [2.45, 2.75) is 51.7 Å². The summed E-state index contributed by atoms with van der Waals surface area (Å²) in [6.45, 7) is 10.7. The fraction of sp³-hybridized carbons (Fsp3) is 0.905. The van der Waals surface area contributed by atoms with E-state index in [-0.39, 0.29) is 36.4 Å². The Morgan fingerprint density at radius 2 is 1.90 bits per heavy atom. The second kappa shape index (κ2) is 15.2. The Labute approximate surface area is 199 Å². The molecule has 2 saturated heterocycles. The van der Waals surface area contributed by atoms with Crippen molar-refractivity contribution in [1.82, 2.24) is 20.4 Å². The molecule has 2 aliphatic rings. The van der Waals surface area contributed by atoms with Crippen molar-refractivity contribution >= 4 is 35.8 Å². The van der Waals surface area contributed by atoms with Crippen LogP contribution < -0.4 is 10.6 Å². The van der Waals surface area contributed by atoms with E-state index >= 15 is 0 Å². The number of carbonyl (C=O) groups excluding carboxylic acids is 1. The lowest BCUT2D eigenvalue weighted by Gasteiger charge is -2.35.